The van der Waals surface area contributed by atoms with Gasteiger partial charge in [-0.15, -0.1) is 0 Å². The van der Waals surface area contributed by atoms with Crippen molar-refractivity contribution < 1.29 is 4.79 Å². The number of amides is 1. The molecule has 0 aliphatic rings. The summed E-state index contributed by atoms with van der Waals surface area (Å²) in [5.41, 5.74) is 7.10. The second-order valence-corrected chi connectivity index (χ2v) is 4.72. The molecule has 0 radical (unpaired) electrons. The van der Waals surface area contributed by atoms with E-state index in [1.807, 2.05) is 25.1 Å². The first-order valence-corrected chi connectivity index (χ1v) is 6.34. The van der Waals surface area contributed by atoms with Crippen molar-refractivity contribution in [2.24, 2.45) is 5.73 Å². The fraction of sp³-hybridized carbons (Fsp3) is 0.273. The van der Waals surface area contributed by atoms with Crippen molar-refractivity contribution in [3.63, 3.8) is 0 Å². The molecule has 0 aliphatic carbocycles. The highest BCUT2D eigenvalue weighted by atomic mass is 79.9. The SMILES string of the molecule is CCNC(=O)CNc1ccc(Br)cc1C(N)=S. The largest absolute Gasteiger partial charge is 0.389 e. The number of halogens is 1. The number of nitrogens with two attached hydrogens (primary N) is 1. The van der Waals surface area contributed by atoms with Gasteiger partial charge in [0.15, 0.2) is 0 Å². The number of carbonyl (C=O) groups is 1. The van der Waals surface area contributed by atoms with E-state index in [1.54, 1.807) is 0 Å². The first-order chi connectivity index (χ1) is 8.04. The van der Waals surface area contributed by atoms with Gasteiger partial charge in [0.25, 0.3) is 0 Å². The minimum absolute atomic E-state index is 0.0655. The van der Waals surface area contributed by atoms with Gasteiger partial charge in [0, 0.05) is 22.3 Å². The summed E-state index contributed by atoms with van der Waals surface area (Å²) in [6, 6.07) is 5.52. The minimum atomic E-state index is -0.0655. The van der Waals surface area contributed by atoms with E-state index >= 15 is 0 Å². The van der Waals surface area contributed by atoms with Crippen molar-refractivity contribution in [1.29, 1.82) is 0 Å². The molecule has 0 unspecified atom stereocenters. The number of rotatable bonds is 5. The van der Waals surface area contributed by atoms with Gasteiger partial charge < -0.3 is 16.4 Å². The van der Waals surface area contributed by atoms with Gasteiger partial charge in [-0.25, -0.2) is 0 Å². The van der Waals surface area contributed by atoms with E-state index in [9.17, 15) is 4.79 Å². The van der Waals surface area contributed by atoms with Crippen LogP contribution in [0.4, 0.5) is 5.69 Å². The molecule has 0 aliphatic heterocycles. The lowest BCUT2D eigenvalue weighted by atomic mass is 10.2. The van der Waals surface area contributed by atoms with Crippen molar-refractivity contribution in [3.05, 3.63) is 28.2 Å². The van der Waals surface area contributed by atoms with E-state index in [1.165, 1.54) is 0 Å². The monoisotopic (exact) mass is 315 g/mol. The molecular formula is C11H14BrN3OS. The van der Waals surface area contributed by atoms with Crippen molar-refractivity contribution >= 4 is 44.7 Å². The second kappa shape index (κ2) is 6.56. The normalized spacial score (nSPS) is 9.76. The highest BCUT2D eigenvalue weighted by Crippen LogP contribution is 2.20. The number of thiocarbonyl (C=S) groups is 1. The summed E-state index contributed by atoms with van der Waals surface area (Å²) in [6.07, 6.45) is 0. The van der Waals surface area contributed by atoms with Crippen LogP contribution in [0.15, 0.2) is 22.7 Å². The van der Waals surface area contributed by atoms with Crippen LogP contribution in [0, 0.1) is 0 Å². The summed E-state index contributed by atoms with van der Waals surface area (Å²) in [7, 11) is 0. The smallest absolute Gasteiger partial charge is 0.239 e. The Labute approximate surface area is 114 Å². The lowest BCUT2D eigenvalue weighted by Gasteiger charge is -2.11. The third kappa shape index (κ3) is 4.32. The van der Waals surface area contributed by atoms with E-state index in [4.69, 9.17) is 18.0 Å². The Morgan fingerprint density at radius 3 is 2.82 bits per heavy atom. The van der Waals surface area contributed by atoms with Crippen molar-refractivity contribution in [1.82, 2.24) is 5.32 Å². The number of anilines is 1. The first-order valence-electron chi connectivity index (χ1n) is 5.14. The average Bonchev–Trinajstić information content (AvgIpc) is 2.27. The van der Waals surface area contributed by atoms with E-state index in [0.29, 0.717) is 11.5 Å². The molecule has 1 rings (SSSR count). The third-order valence-electron chi connectivity index (χ3n) is 2.06. The fourth-order valence-electron chi connectivity index (χ4n) is 1.31. The van der Waals surface area contributed by atoms with Crippen LogP contribution >= 0.6 is 28.1 Å². The molecule has 1 aromatic rings. The maximum atomic E-state index is 11.3. The Morgan fingerprint density at radius 2 is 2.24 bits per heavy atom. The number of benzene rings is 1. The van der Waals surface area contributed by atoms with E-state index < -0.39 is 0 Å². The molecule has 0 bridgehead atoms. The van der Waals surface area contributed by atoms with Gasteiger partial charge in [0.05, 0.1) is 6.54 Å². The summed E-state index contributed by atoms with van der Waals surface area (Å²) in [6.45, 7) is 2.69. The Hall–Kier alpha value is -1.14. The molecule has 1 aromatic carbocycles. The molecule has 4 nitrogen and oxygen atoms in total. The summed E-state index contributed by atoms with van der Waals surface area (Å²) < 4.78 is 0.892. The Kier molecular flexibility index (Phi) is 5.37. The van der Waals surface area contributed by atoms with Crippen LogP contribution in [0.3, 0.4) is 0 Å². The molecule has 0 fully saturated rings. The molecule has 4 N–H and O–H groups in total. The zero-order chi connectivity index (χ0) is 12.8. The van der Waals surface area contributed by atoms with E-state index in [2.05, 4.69) is 26.6 Å². The highest BCUT2D eigenvalue weighted by Gasteiger charge is 2.07. The molecule has 92 valence electrons. The average molecular weight is 316 g/mol. The summed E-state index contributed by atoms with van der Waals surface area (Å²) in [5.74, 6) is -0.0655. The van der Waals surface area contributed by atoms with E-state index in [0.717, 1.165) is 15.7 Å². The maximum absolute atomic E-state index is 11.3. The lowest BCUT2D eigenvalue weighted by molar-refractivity contribution is -0.119. The molecule has 0 heterocycles. The van der Waals surface area contributed by atoms with Crippen LogP contribution in [0.2, 0.25) is 0 Å². The van der Waals surface area contributed by atoms with Crippen LogP contribution in [-0.2, 0) is 4.79 Å². The number of likely N-dealkylation sites (N-methyl/N-ethyl adjacent to an activating group) is 1. The van der Waals surface area contributed by atoms with Crippen LogP contribution < -0.4 is 16.4 Å². The molecular weight excluding hydrogens is 302 g/mol. The number of hydrogen-bond acceptors (Lipinski definition) is 3. The van der Waals surface area contributed by atoms with Crippen molar-refractivity contribution in [2.75, 3.05) is 18.4 Å². The van der Waals surface area contributed by atoms with Crippen molar-refractivity contribution in [2.45, 2.75) is 6.92 Å². The fourth-order valence-corrected chi connectivity index (χ4v) is 1.84. The van der Waals surface area contributed by atoms with Crippen LogP contribution in [0.1, 0.15) is 12.5 Å². The van der Waals surface area contributed by atoms with E-state index in [-0.39, 0.29) is 12.5 Å². The van der Waals surface area contributed by atoms with Gasteiger partial charge in [-0.05, 0) is 25.1 Å². The van der Waals surface area contributed by atoms with Gasteiger partial charge in [0.1, 0.15) is 4.99 Å². The predicted molar refractivity (Wildman–Crippen MR) is 77.2 cm³/mol. The van der Waals surface area contributed by atoms with Gasteiger partial charge in [-0.3, -0.25) is 4.79 Å². The van der Waals surface area contributed by atoms with Crippen LogP contribution in [0.25, 0.3) is 0 Å². The second-order valence-electron chi connectivity index (χ2n) is 3.36. The topological polar surface area (TPSA) is 67.2 Å². The predicted octanol–water partition coefficient (Wildman–Crippen LogP) is 1.63. The molecule has 17 heavy (non-hydrogen) atoms. The molecule has 6 heteroatoms. The zero-order valence-electron chi connectivity index (χ0n) is 9.42. The number of hydrogen-bond donors (Lipinski definition) is 3. The molecule has 0 spiro atoms. The summed E-state index contributed by atoms with van der Waals surface area (Å²) >= 11 is 8.30. The Morgan fingerprint density at radius 1 is 1.53 bits per heavy atom. The van der Waals surface area contributed by atoms with Gasteiger partial charge in [-0.1, -0.05) is 28.1 Å². The molecule has 1 amide bonds. The number of nitrogens with one attached hydrogen (secondary N) is 2. The summed E-state index contributed by atoms with van der Waals surface area (Å²) in [5, 5.41) is 5.71. The number of carbonyl (C=O) groups excluding carboxylic acids is 1. The molecule has 0 saturated heterocycles. The minimum Gasteiger partial charge on any atom is -0.389 e. The third-order valence-corrected chi connectivity index (χ3v) is 2.77. The van der Waals surface area contributed by atoms with Gasteiger partial charge in [0.2, 0.25) is 5.91 Å². The van der Waals surface area contributed by atoms with Gasteiger partial charge >= 0.3 is 0 Å². The molecule has 0 atom stereocenters. The zero-order valence-corrected chi connectivity index (χ0v) is 11.8. The lowest BCUT2D eigenvalue weighted by Crippen LogP contribution is -2.30. The first kappa shape index (κ1) is 13.9. The molecule has 0 saturated carbocycles. The van der Waals surface area contributed by atoms with Crippen LogP contribution in [0.5, 0.6) is 0 Å². The van der Waals surface area contributed by atoms with Gasteiger partial charge in [-0.2, -0.15) is 0 Å². The maximum Gasteiger partial charge on any atom is 0.239 e. The van der Waals surface area contributed by atoms with Crippen molar-refractivity contribution in [3.8, 4) is 0 Å². The van der Waals surface area contributed by atoms with Crippen LogP contribution in [-0.4, -0.2) is 24.0 Å². The highest BCUT2D eigenvalue weighted by molar-refractivity contribution is 9.10. The standard InChI is InChI=1S/C11H14BrN3OS/c1-2-14-10(16)6-15-9-4-3-7(12)5-8(9)11(13)17/h3-5,15H,2,6H2,1H3,(H2,13,17)(H,14,16). The molecule has 0 aromatic heterocycles. The quantitative estimate of drug-likeness (QED) is 0.723. The Balaban J connectivity index is 2.77. The Bertz CT molecular complexity index is 437. The summed E-state index contributed by atoms with van der Waals surface area (Å²) in [4.78, 5) is 11.6.